The molecule has 2 bridgehead atoms. The van der Waals surface area contributed by atoms with E-state index in [2.05, 4.69) is 40.2 Å². The van der Waals surface area contributed by atoms with Crippen LogP contribution in [0, 0.1) is 6.92 Å². The second-order valence-corrected chi connectivity index (χ2v) is 10.2. The first-order valence-electron chi connectivity index (χ1n) is 9.34. The van der Waals surface area contributed by atoms with Crippen molar-refractivity contribution in [3.63, 3.8) is 0 Å². The van der Waals surface area contributed by atoms with Gasteiger partial charge in [0, 0.05) is 16.6 Å². The standard InChI is InChI=1S/C21H24BrNO3S/c1-14-10-20(26-2)21(13-19(14)22)27(24,25)23-17-8-9-18(23)12-16(11-17)15-6-4-3-5-7-15/h3-7,10,13,16-18H,8-9,11-12H2,1-2H3/t16?,17-,18+. The van der Waals surface area contributed by atoms with Crippen molar-refractivity contribution in [3.8, 4) is 5.75 Å². The van der Waals surface area contributed by atoms with E-state index in [1.54, 1.807) is 16.4 Å². The molecule has 0 N–H and O–H groups in total. The van der Waals surface area contributed by atoms with Gasteiger partial charge in [-0.3, -0.25) is 0 Å². The Morgan fingerprint density at radius 3 is 2.30 bits per heavy atom. The molecule has 0 saturated carbocycles. The molecule has 1 unspecified atom stereocenters. The third-order valence-corrected chi connectivity index (χ3v) is 8.82. The molecule has 3 atom stereocenters. The number of aryl methyl sites for hydroxylation is 1. The summed E-state index contributed by atoms with van der Waals surface area (Å²) in [4.78, 5) is 0.262. The number of fused-ring (bicyclic) bond motifs is 2. The highest BCUT2D eigenvalue weighted by Gasteiger charge is 2.48. The van der Waals surface area contributed by atoms with Crippen LogP contribution in [0.15, 0.2) is 51.8 Å². The van der Waals surface area contributed by atoms with Crippen LogP contribution in [0.25, 0.3) is 0 Å². The summed E-state index contributed by atoms with van der Waals surface area (Å²) in [6.07, 6.45) is 3.63. The average molecular weight is 450 g/mol. The van der Waals surface area contributed by atoms with E-state index >= 15 is 0 Å². The van der Waals surface area contributed by atoms with Crippen molar-refractivity contribution in [1.82, 2.24) is 4.31 Å². The molecule has 6 heteroatoms. The minimum absolute atomic E-state index is 0.0590. The van der Waals surface area contributed by atoms with Gasteiger partial charge in [-0.1, -0.05) is 46.3 Å². The zero-order chi connectivity index (χ0) is 19.2. The van der Waals surface area contributed by atoms with E-state index in [-0.39, 0.29) is 17.0 Å². The molecule has 4 rings (SSSR count). The van der Waals surface area contributed by atoms with Gasteiger partial charge in [0.25, 0.3) is 0 Å². The van der Waals surface area contributed by atoms with E-state index in [0.29, 0.717) is 11.7 Å². The number of methoxy groups -OCH3 is 1. The highest BCUT2D eigenvalue weighted by Crippen LogP contribution is 2.46. The lowest BCUT2D eigenvalue weighted by molar-refractivity contribution is 0.225. The number of hydrogen-bond donors (Lipinski definition) is 0. The summed E-state index contributed by atoms with van der Waals surface area (Å²) in [5.41, 5.74) is 2.28. The van der Waals surface area contributed by atoms with Crippen molar-refractivity contribution in [1.29, 1.82) is 0 Å². The summed E-state index contributed by atoms with van der Waals surface area (Å²) in [5.74, 6) is 0.849. The molecule has 2 saturated heterocycles. The van der Waals surface area contributed by atoms with Crippen LogP contribution in [0.4, 0.5) is 0 Å². The van der Waals surface area contributed by atoms with Gasteiger partial charge >= 0.3 is 0 Å². The molecular weight excluding hydrogens is 426 g/mol. The first-order valence-corrected chi connectivity index (χ1v) is 11.6. The van der Waals surface area contributed by atoms with Crippen LogP contribution >= 0.6 is 15.9 Å². The molecule has 2 aliphatic heterocycles. The topological polar surface area (TPSA) is 46.6 Å². The summed E-state index contributed by atoms with van der Waals surface area (Å²) in [6, 6.07) is 14.1. The lowest BCUT2D eigenvalue weighted by atomic mass is 9.86. The molecule has 0 radical (unpaired) electrons. The number of halogens is 1. The van der Waals surface area contributed by atoms with E-state index in [1.165, 1.54) is 12.7 Å². The van der Waals surface area contributed by atoms with Crippen molar-refractivity contribution in [2.45, 2.75) is 55.5 Å². The first-order chi connectivity index (χ1) is 12.9. The van der Waals surface area contributed by atoms with Gasteiger partial charge in [-0.2, -0.15) is 4.31 Å². The fraction of sp³-hybridized carbons (Fsp3) is 0.429. The molecule has 0 spiro atoms. The van der Waals surface area contributed by atoms with Crippen molar-refractivity contribution >= 4 is 26.0 Å². The highest BCUT2D eigenvalue weighted by atomic mass is 79.9. The Balaban J connectivity index is 1.68. The predicted octanol–water partition coefficient (Wildman–Crippen LogP) is 4.87. The molecule has 144 valence electrons. The lowest BCUT2D eigenvalue weighted by Crippen LogP contribution is -2.46. The Morgan fingerprint density at radius 1 is 1.07 bits per heavy atom. The Hall–Kier alpha value is -1.37. The predicted molar refractivity (Wildman–Crippen MR) is 110 cm³/mol. The van der Waals surface area contributed by atoms with Gasteiger partial charge < -0.3 is 4.74 Å². The second kappa shape index (κ2) is 7.22. The van der Waals surface area contributed by atoms with Crippen molar-refractivity contribution in [2.75, 3.05) is 7.11 Å². The molecule has 2 aromatic rings. The largest absolute Gasteiger partial charge is 0.495 e. The summed E-state index contributed by atoms with van der Waals surface area (Å²) >= 11 is 3.47. The summed E-state index contributed by atoms with van der Waals surface area (Å²) < 4.78 is 35.1. The third-order valence-electron chi connectivity index (χ3n) is 5.94. The number of ether oxygens (including phenoxy) is 1. The van der Waals surface area contributed by atoms with E-state index in [4.69, 9.17) is 4.74 Å². The fourth-order valence-corrected chi connectivity index (χ4v) is 7.19. The maximum absolute atomic E-state index is 13.6. The van der Waals surface area contributed by atoms with Crippen LogP contribution in [0.2, 0.25) is 0 Å². The Labute approximate surface area is 169 Å². The first kappa shape index (κ1) is 19.0. The molecule has 4 nitrogen and oxygen atoms in total. The summed E-state index contributed by atoms with van der Waals surface area (Å²) in [5, 5.41) is 0. The fourth-order valence-electron chi connectivity index (χ4n) is 4.64. The summed E-state index contributed by atoms with van der Waals surface area (Å²) in [6.45, 7) is 1.93. The van der Waals surface area contributed by atoms with Crippen LogP contribution in [-0.4, -0.2) is 31.9 Å². The molecule has 2 fully saturated rings. The number of sulfonamides is 1. The van der Waals surface area contributed by atoms with E-state index in [1.807, 2.05) is 13.0 Å². The lowest BCUT2D eigenvalue weighted by Gasteiger charge is -2.38. The van der Waals surface area contributed by atoms with Gasteiger partial charge in [-0.25, -0.2) is 8.42 Å². The summed E-state index contributed by atoms with van der Waals surface area (Å²) in [7, 11) is -2.08. The quantitative estimate of drug-likeness (QED) is 0.668. The Kier molecular flexibility index (Phi) is 5.08. The van der Waals surface area contributed by atoms with Gasteiger partial charge in [0.05, 0.1) is 7.11 Å². The van der Waals surface area contributed by atoms with E-state index in [9.17, 15) is 8.42 Å². The number of rotatable bonds is 4. The van der Waals surface area contributed by atoms with Crippen molar-refractivity contribution in [3.05, 3.63) is 58.1 Å². The number of piperidine rings is 1. The minimum atomic E-state index is -3.61. The Bertz CT molecular complexity index is 931. The van der Waals surface area contributed by atoms with Gasteiger partial charge in [-0.05, 0) is 61.8 Å². The molecule has 0 aliphatic carbocycles. The number of nitrogens with zero attached hydrogens (tertiary/aromatic N) is 1. The van der Waals surface area contributed by atoms with Crippen molar-refractivity contribution < 1.29 is 13.2 Å². The maximum atomic E-state index is 13.6. The SMILES string of the molecule is COc1cc(C)c(Br)cc1S(=O)(=O)N1[C@@H]2CC[C@H]1CC(c1ccccc1)C2. The minimum Gasteiger partial charge on any atom is -0.495 e. The second-order valence-electron chi connectivity index (χ2n) is 7.55. The molecular formula is C21H24BrNO3S. The average Bonchev–Trinajstić information content (AvgIpc) is 2.95. The van der Waals surface area contributed by atoms with Crippen LogP contribution < -0.4 is 4.74 Å². The van der Waals surface area contributed by atoms with Crippen LogP contribution in [0.3, 0.4) is 0 Å². The smallest absolute Gasteiger partial charge is 0.247 e. The molecule has 0 amide bonds. The van der Waals surface area contributed by atoms with Crippen LogP contribution in [0.1, 0.15) is 42.7 Å². The van der Waals surface area contributed by atoms with Gasteiger partial charge in [0.2, 0.25) is 10.0 Å². The third kappa shape index (κ3) is 3.32. The van der Waals surface area contributed by atoms with Gasteiger partial charge in [0.15, 0.2) is 0 Å². The van der Waals surface area contributed by atoms with E-state index < -0.39 is 10.0 Å². The van der Waals surface area contributed by atoms with Gasteiger partial charge in [0.1, 0.15) is 10.6 Å². The van der Waals surface area contributed by atoms with Gasteiger partial charge in [-0.15, -0.1) is 0 Å². The van der Waals surface area contributed by atoms with Crippen molar-refractivity contribution in [2.24, 2.45) is 0 Å². The Morgan fingerprint density at radius 2 is 1.70 bits per heavy atom. The number of benzene rings is 2. The molecule has 2 heterocycles. The zero-order valence-electron chi connectivity index (χ0n) is 15.6. The van der Waals surface area contributed by atoms with Crippen LogP contribution in [-0.2, 0) is 10.0 Å². The zero-order valence-corrected chi connectivity index (χ0v) is 18.0. The normalized spacial score (nSPS) is 25.5. The molecule has 2 aromatic carbocycles. The highest BCUT2D eigenvalue weighted by molar-refractivity contribution is 9.10. The molecule has 0 aromatic heterocycles. The van der Waals surface area contributed by atoms with Crippen LogP contribution in [0.5, 0.6) is 5.75 Å². The van der Waals surface area contributed by atoms with E-state index in [0.717, 1.165) is 35.7 Å². The monoisotopic (exact) mass is 449 g/mol. The molecule has 27 heavy (non-hydrogen) atoms. The maximum Gasteiger partial charge on any atom is 0.247 e. The molecule has 2 aliphatic rings. The number of hydrogen-bond acceptors (Lipinski definition) is 3.